The van der Waals surface area contributed by atoms with Crippen molar-refractivity contribution in [3.05, 3.63) is 272 Å². The topological polar surface area (TPSA) is 21.8 Å². The zero-order valence-corrected chi connectivity index (χ0v) is 37.4. The number of allylic oxidation sites excluding steroid dienone is 11. The third kappa shape index (κ3) is 11.3. The third-order valence-electron chi connectivity index (χ3n) is 10.9. The van der Waals surface area contributed by atoms with Gasteiger partial charge in [-0.3, -0.25) is 0 Å². The number of para-hydroxylation sites is 4. The van der Waals surface area contributed by atoms with E-state index >= 15 is 0 Å². The molecule has 0 amide bonds. The summed E-state index contributed by atoms with van der Waals surface area (Å²) in [4.78, 5) is 6.84. The monoisotopic (exact) mass is 834 g/mol. The van der Waals surface area contributed by atoms with Crippen LogP contribution in [0.1, 0.15) is 27.7 Å². The standard InChI is InChI=1S/C58H52N4.C2H6/c1-5-8-29-48(7-3)59-57-44-43-56(46-58(57,4)47-27-15-9-10-16-28-47)60(45-25-38-50(26-6-2)61(51-30-17-11-18-31-51)52-32-19-12-20-33-52)49-39-41-55(42-40-49)62(53-34-21-13-22-35-53)54-36-23-14-24-37-54;1-2/h2,5,7-9,11-44,46,57,59H,3,45H2,1,4H3;1-2H3/b8-5-,38-25-,48-29+,50-26+;. The normalized spacial score (nSPS) is 16.8. The summed E-state index contributed by atoms with van der Waals surface area (Å²) in [5, 5.41) is 3.79. The third-order valence-corrected chi connectivity index (χ3v) is 10.9. The Morgan fingerprint density at radius 1 is 0.750 bits per heavy atom. The molecule has 0 heterocycles. The summed E-state index contributed by atoms with van der Waals surface area (Å²) in [6.07, 6.45) is 37.4. The second-order valence-electron chi connectivity index (χ2n) is 14.9. The molecule has 0 aliphatic heterocycles. The van der Waals surface area contributed by atoms with Crippen molar-refractivity contribution in [1.29, 1.82) is 0 Å². The van der Waals surface area contributed by atoms with Gasteiger partial charge in [0.25, 0.3) is 0 Å². The maximum Gasteiger partial charge on any atom is 0.0577 e. The molecule has 5 aromatic carbocycles. The Morgan fingerprint density at radius 2 is 1.30 bits per heavy atom. The fraction of sp³-hybridized carbons (Fsp3) is 0.117. The van der Waals surface area contributed by atoms with Crippen LogP contribution in [0, 0.1) is 17.8 Å². The van der Waals surface area contributed by atoms with Crippen LogP contribution in [-0.4, -0.2) is 12.6 Å². The molecule has 2 aliphatic rings. The smallest absolute Gasteiger partial charge is 0.0577 e. The quantitative estimate of drug-likeness (QED) is 0.0607. The van der Waals surface area contributed by atoms with Gasteiger partial charge in [0.2, 0.25) is 0 Å². The SMILES string of the molecule is C#C/C=C(\C=C/CN(C1=CC(C)(C2=CC=C=CC=C2)C(N/C(C=C)=C/C=C\C)C=C1)c1ccc(N(c2ccccc2)c2ccccc2)cc1)N(c1ccccc1)c1ccccc1.CC. The predicted octanol–water partition coefficient (Wildman–Crippen LogP) is 15.2. The van der Waals surface area contributed by atoms with Gasteiger partial charge in [0.1, 0.15) is 0 Å². The molecule has 0 fully saturated rings. The molecule has 4 nitrogen and oxygen atoms in total. The van der Waals surface area contributed by atoms with Crippen molar-refractivity contribution in [2.75, 3.05) is 21.2 Å². The highest BCUT2D eigenvalue weighted by Crippen LogP contribution is 2.42. The van der Waals surface area contributed by atoms with E-state index in [0.717, 1.165) is 56.8 Å². The molecular formula is C60H58N4. The Kier molecular flexibility index (Phi) is 16.6. The maximum atomic E-state index is 6.02. The first-order valence-electron chi connectivity index (χ1n) is 22.0. The number of terminal acetylenes is 1. The molecule has 7 rings (SSSR count). The number of nitrogens with one attached hydrogen (secondary N) is 1. The summed E-state index contributed by atoms with van der Waals surface area (Å²) in [6.45, 7) is 13.0. The Balaban J connectivity index is 0.00000335. The number of benzene rings is 5. The molecule has 64 heavy (non-hydrogen) atoms. The van der Waals surface area contributed by atoms with Crippen LogP contribution in [0.2, 0.25) is 0 Å². The molecule has 0 aromatic heterocycles. The lowest BCUT2D eigenvalue weighted by molar-refractivity contribution is 0.410. The molecule has 2 atom stereocenters. The number of nitrogens with zero attached hydrogens (tertiary/aromatic N) is 3. The van der Waals surface area contributed by atoms with Gasteiger partial charge in [-0.2, -0.15) is 0 Å². The van der Waals surface area contributed by atoms with Crippen LogP contribution >= 0.6 is 0 Å². The fourth-order valence-corrected chi connectivity index (χ4v) is 7.73. The van der Waals surface area contributed by atoms with E-state index in [9.17, 15) is 0 Å². The van der Waals surface area contributed by atoms with Gasteiger partial charge >= 0.3 is 0 Å². The molecule has 318 valence electrons. The molecule has 0 radical (unpaired) electrons. The van der Waals surface area contributed by atoms with Crippen molar-refractivity contribution in [3.63, 3.8) is 0 Å². The molecule has 0 saturated heterocycles. The molecule has 0 saturated carbocycles. The van der Waals surface area contributed by atoms with E-state index < -0.39 is 5.41 Å². The summed E-state index contributed by atoms with van der Waals surface area (Å²) in [6, 6.07) is 50.4. The van der Waals surface area contributed by atoms with Crippen LogP contribution in [0.3, 0.4) is 0 Å². The van der Waals surface area contributed by atoms with Crippen molar-refractivity contribution < 1.29 is 0 Å². The first kappa shape index (κ1) is 45.6. The maximum absolute atomic E-state index is 6.02. The Bertz CT molecular complexity index is 2570. The van der Waals surface area contributed by atoms with Gasteiger partial charge in [0.15, 0.2) is 0 Å². The van der Waals surface area contributed by atoms with Gasteiger partial charge in [0.05, 0.1) is 11.7 Å². The highest BCUT2D eigenvalue weighted by molar-refractivity contribution is 5.78. The van der Waals surface area contributed by atoms with Crippen molar-refractivity contribution in [3.8, 4) is 12.3 Å². The minimum Gasteiger partial charge on any atom is -0.378 e. The van der Waals surface area contributed by atoms with E-state index in [4.69, 9.17) is 6.42 Å². The Labute approximate surface area is 382 Å². The van der Waals surface area contributed by atoms with Crippen LogP contribution in [0.15, 0.2) is 272 Å². The molecular weight excluding hydrogens is 777 g/mol. The molecule has 4 heteroatoms. The van der Waals surface area contributed by atoms with Crippen molar-refractivity contribution in [2.24, 2.45) is 5.41 Å². The van der Waals surface area contributed by atoms with Crippen LogP contribution in [0.25, 0.3) is 0 Å². The van der Waals surface area contributed by atoms with Crippen molar-refractivity contribution in [2.45, 2.75) is 33.7 Å². The molecule has 0 spiro atoms. The molecule has 2 unspecified atom stereocenters. The number of hydrogen-bond acceptors (Lipinski definition) is 4. The zero-order chi connectivity index (χ0) is 45.0. The van der Waals surface area contributed by atoms with Crippen LogP contribution < -0.4 is 20.0 Å². The van der Waals surface area contributed by atoms with E-state index in [1.54, 1.807) is 0 Å². The Morgan fingerprint density at radius 3 is 1.84 bits per heavy atom. The van der Waals surface area contributed by atoms with Crippen molar-refractivity contribution >= 4 is 34.1 Å². The minimum atomic E-state index is -0.472. The largest absolute Gasteiger partial charge is 0.378 e. The average molecular weight is 835 g/mol. The lowest BCUT2D eigenvalue weighted by Crippen LogP contribution is -2.44. The summed E-state index contributed by atoms with van der Waals surface area (Å²) in [5.74, 6) is 2.81. The molecule has 5 aromatic rings. The second-order valence-corrected chi connectivity index (χ2v) is 14.9. The van der Waals surface area contributed by atoms with Crippen LogP contribution in [0.5, 0.6) is 0 Å². The fourth-order valence-electron chi connectivity index (χ4n) is 7.73. The predicted molar refractivity (Wildman–Crippen MR) is 276 cm³/mol. The molecule has 0 bridgehead atoms. The van der Waals surface area contributed by atoms with Crippen molar-refractivity contribution in [1.82, 2.24) is 5.32 Å². The summed E-state index contributed by atoms with van der Waals surface area (Å²) in [5.41, 5.74) is 13.1. The number of anilines is 6. The van der Waals surface area contributed by atoms with Gasteiger partial charge in [-0.25, -0.2) is 0 Å². The van der Waals surface area contributed by atoms with E-state index in [2.05, 4.69) is 197 Å². The van der Waals surface area contributed by atoms with Crippen LogP contribution in [-0.2, 0) is 0 Å². The summed E-state index contributed by atoms with van der Waals surface area (Å²) in [7, 11) is 0. The van der Waals surface area contributed by atoms with Gasteiger partial charge in [-0.15, -0.1) is 12.2 Å². The van der Waals surface area contributed by atoms with Gasteiger partial charge < -0.3 is 20.0 Å². The average Bonchev–Trinajstić information content (AvgIpc) is 3.66. The van der Waals surface area contributed by atoms with E-state index in [0.29, 0.717) is 6.54 Å². The molecule has 2 aliphatic carbocycles. The summed E-state index contributed by atoms with van der Waals surface area (Å²) >= 11 is 0. The van der Waals surface area contributed by atoms with Gasteiger partial charge in [-0.05, 0) is 135 Å². The van der Waals surface area contributed by atoms with Gasteiger partial charge in [-0.1, -0.05) is 142 Å². The lowest BCUT2D eigenvalue weighted by Gasteiger charge is -2.41. The van der Waals surface area contributed by atoms with E-state index in [1.807, 2.05) is 106 Å². The summed E-state index contributed by atoms with van der Waals surface area (Å²) < 4.78 is 0. The highest BCUT2D eigenvalue weighted by atomic mass is 15.2. The van der Waals surface area contributed by atoms with E-state index in [-0.39, 0.29) is 6.04 Å². The lowest BCUT2D eigenvalue weighted by atomic mass is 9.71. The zero-order valence-electron chi connectivity index (χ0n) is 37.4. The highest BCUT2D eigenvalue weighted by Gasteiger charge is 2.37. The van der Waals surface area contributed by atoms with Gasteiger partial charge in [0, 0.05) is 63.6 Å². The molecule has 1 N–H and O–H groups in total. The van der Waals surface area contributed by atoms with Crippen LogP contribution in [0.4, 0.5) is 34.1 Å². The second kappa shape index (κ2) is 23.3. The first-order valence-corrected chi connectivity index (χ1v) is 22.0. The minimum absolute atomic E-state index is 0.0799. The van der Waals surface area contributed by atoms with E-state index in [1.165, 1.54) is 0 Å². The first-order chi connectivity index (χ1) is 31.5. The number of rotatable bonds is 16. The number of hydrogen-bond donors (Lipinski definition) is 1. The Hall–Kier alpha value is -7.96.